The Hall–Kier alpha value is -0.120. The lowest BCUT2D eigenvalue weighted by atomic mass is 9.97. The van der Waals surface area contributed by atoms with Crippen LogP contribution in [0.5, 0.6) is 0 Å². The minimum Gasteiger partial charge on any atom is -0.305 e. The number of hydrogen-bond acceptors (Lipinski definition) is 3. The Labute approximate surface area is 100 Å². The number of rotatable bonds is 2. The van der Waals surface area contributed by atoms with Crippen molar-refractivity contribution >= 4 is 0 Å². The van der Waals surface area contributed by atoms with Gasteiger partial charge in [-0.2, -0.15) is 0 Å². The molecule has 1 atom stereocenters. The summed E-state index contributed by atoms with van der Waals surface area (Å²) in [6.07, 6.45) is 1.35. The molecule has 16 heavy (non-hydrogen) atoms. The SMILES string of the molecule is CN(C)[C@H]1CCN(C2CN(C(C)(C)C)C2)C1. The summed E-state index contributed by atoms with van der Waals surface area (Å²) >= 11 is 0. The van der Waals surface area contributed by atoms with Crippen LogP contribution in [0.2, 0.25) is 0 Å². The van der Waals surface area contributed by atoms with E-state index in [-0.39, 0.29) is 0 Å². The first-order valence-corrected chi connectivity index (χ1v) is 6.53. The average Bonchev–Trinajstić information content (AvgIpc) is 2.46. The maximum absolute atomic E-state index is 2.69. The third-order valence-electron chi connectivity index (χ3n) is 4.25. The minimum atomic E-state index is 0.358. The minimum absolute atomic E-state index is 0.358. The molecule has 0 aromatic heterocycles. The molecule has 3 nitrogen and oxygen atoms in total. The summed E-state index contributed by atoms with van der Waals surface area (Å²) in [5, 5.41) is 0. The lowest BCUT2D eigenvalue weighted by Gasteiger charge is -2.50. The molecular weight excluding hydrogens is 198 g/mol. The second kappa shape index (κ2) is 4.28. The van der Waals surface area contributed by atoms with E-state index in [1.165, 1.54) is 32.6 Å². The highest BCUT2D eigenvalue weighted by atomic mass is 15.4. The normalized spacial score (nSPS) is 30.0. The summed E-state index contributed by atoms with van der Waals surface area (Å²) in [4.78, 5) is 7.65. The van der Waals surface area contributed by atoms with Crippen molar-refractivity contribution in [1.29, 1.82) is 0 Å². The highest BCUT2D eigenvalue weighted by molar-refractivity contribution is 4.97. The Morgan fingerprint density at radius 3 is 2.12 bits per heavy atom. The Kier molecular flexibility index (Phi) is 3.30. The van der Waals surface area contributed by atoms with Crippen molar-refractivity contribution in [3.63, 3.8) is 0 Å². The largest absolute Gasteiger partial charge is 0.305 e. The number of likely N-dealkylation sites (tertiary alicyclic amines) is 2. The van der Waals surface area contributed by atoms with Crippen molar-refractivity contribution in [2.75, 3.05) is 40.3 Å². The molecule has 0 spiro atoms. The quantitative estimate of drug-likeness (QED) is 0.697. The van der Waals surface area contributed by atoms with Crippen molar-refractivity contribution in [1.82, 2.24) is 14.7 Å². The van der Waals surface area contributed by atoms with Crippen LogP contribution in [0, 0.1) is 0 Å². The molecule has 0 amide bonds. The van der Waals surface area contributed by atoms with Gasteiger partial charge in [0.15, 0.2) is 0 Å². The van der Waals surface area contributed by atoms with Gasteiger partial charge in [-0.1, -0.05) is 0 Å². The fourth-order valence-electron chi connectivity index (χ4n) is 2.76. The molecule has 2 rings (SSSR count). The molecule has 94 valence electrons. The zero-order valence-corrected chi connectivity index (χ0v) is 11.5. The van der Waals surface area contributed by atoms with Crippen LogP contribution in [-0.2, 0) is 0 Å². The van der Waals surface area contributed by atoms with Gasteiger partial charge in [-0.15, -0.1) is 0 Å². The summed E-state index contributed by atoms with van der Waals surface area (Å²) in [5.74, 6) is 0. The number of likely N-dealkylation sites (N-methyl/N-ethyl adjacent to an activating group) is 1. The molecule has 0 saturated carbocycles. The molecule has 0 N–H and O–H groups in total. The van der Waals surface area contributed by atoms with Crippen molar-refractivity contribution in [3.8, 4) is 0 Å². The van der Waals surface area contributed by atoms with E-state index in [1.807, 2.05) is 0 Å². The predicted octanol–water partition coefficient (Wildman–Crippen LogP) is 1.10. The predicted molar refractivity (Wildman–Crippen MR) is 68.8 cm³/mol. The molecule has 2 heterocycles. The lowest BCUT2D eigenvalue weighted by Crippen LogP contribution is -2.64. The Morgan fingerprint density at radius 1 is 1.06 bits per heavy atom. The van der Waals surface area contributed by atoms with Gasteiger partial charge < -0.3 is 4.90 Å². The van der Waals surface area contributed by atoms with E-state index in [1.54, 1.807) is 0 Å². The average molecular weight is 225 g/mol. The van der Waals surface area contributed by atoms with E-state index < -0.39 is 0 Å². The fraction of sp³-hybridized carbons (Fsp3) is 1.00. The van der Waals surface area contributed by atoms with Crippen LogP contribution in [0.25, 0.3) is 0 Å². The van der Waals surface area contributed by atoms with E-state index in [2.05, 4.69) is 49.6 Å². The maximum atomic E-state index is 2.69. The van der Waals surface area contributed by atoms with Crippen LogP contribution in [-0.4, -0.2) is 72.6 Å². The van der Waals surface area contributed by atoms with Crippen LogP contribution in [0.1, 0.15) is 27.2 Å². The molecule has 0 unspecified atom stereocenters. The molecule has 0 bridgehead atoms. The highest BCUT2D eigenvalue weighted by Gasteiger charge is 2.39. The summed E-state index contributed by atoms with van der Waals surface area (Å²) in [7, 11) is 4.41. The molecule has 0 radical (unpaired) electrons. The van der Waals surface area contributed by atoms with Crippen LogP contribution in [0.15, 0.2) is 0 Å². The standard InChI is InChI=1S/C13H27N3/c1-13(2,3)16-9-12(10-16)15-7-6-11(8-15)14(4)5/h11-12H,6-10H2,1-5H3/t11-/m0/s1. The fourth-order valence-corrected chi connectivity index (χ4v) is 2.76. The summed E-state index contributed by atoms with van der Waals surface area (Å²) in [6.45, 7) is 12.1. The first-order valence-electron chi connectivity index (χ1n) is 6.53. The zero-order valence-electron chi connectivity index (χ0n) is 11.5. The van der Waals surface area contributed by atoms with Gasteiger partial charge in [0.2, 0.25) is 0 Å². The zero-order chi connectivity index (χ0) is 11.9. The molecule has 2 fully saturated rings. The monoisotopic (exact) mass is 225 g/mol. The molecule has 2 aliphatic rings. The first kappa shape index (κ1) is 12.3. The Balaban J connectivity index is 1.77. The molecule has 2 aliphatic heterocycles. The molecule has 2 saturated heterocycles. The van der Waals surface area contributed by atoms with Gasteiger partial charge in [0.05, 0.1) is 0 Å². The Morgan fingerprint density at radius 2 is 1.69 bits per heavy atom. The van der Waals surface area contributed by atoms with E-state index in [0.717, 1.165) is 12.1 Å². The second-order valence-electron chi connectivity index (χ2n) is 6.63. The van der Waals surface area contributed by atoms with Gasteiger partial charge >= 0.3 is 0 Å². The summed E-state index contributed by atoms with van der Waals surface area (Å²) < 4.78 is 0. The summed E-state index contributed by atoms with van der Waals surface area (Å²) in [6, 6.07) is 1.60. The lowest BCUT2D eigenvalue weighted by molar-refractivity contribution is -0.0153. The molecule has 3 heteroatoms. The first-order chi connectivity index (χ1) is 7.38. The van der Waals surface area contributed by atoms with Crippen LogP contribution < -0.4 is 0 Å². The van der Waals surface area contributed by atoms with E-state index in [9.17, 15) is 0 Å². The van der Waals surface area contributed by atoms with Gasteiger partial charge in [-0.05, 0) is 41.3 Å². The summed E-state index contributed by atoms with van der Waals surface area (Å²) in [5.41, 5.74) is 0.358. The van der Waals surface area contributed by atoms with Gasteiger partial charge in [0.1, 0.15) is 0 Å². The van der Waals surface area contributed by atoms with Gasteiger partial charge in [0.25, 0.3) is 0 Å². The third kappa shape index (κ3) is 2.41. The van der Waals surface area contributed by atoms with Crippen LogP contribution in [0.3, 0.4) is 0 Å². The second-order valence-corrected chi connectivity index (χ2v) is 6.63. The molecule has 0 aromatic rings. The molecular formula is C13H27N3. The van der Waals surface area contributed by atoms with E-state index in [4.69, 9.17) is 0 Å². The molecule has 0 aromatic carbocycles. The van der Waals surface area contributed by atoms with Gasteiger partial charge in [-0.3, -0.25) is 9.80 Å². The third-order valence-corrected chi connectivity index (χ3v) is 4.25. The Bertz CT molecular complexity index is 238. The van der Waals surface area contributed by atoms with Crippen LogP contribution in [0.4, 0.5) is 0 Å². The van der Waals surface area contributed by atoms with E-state index in [0.29, 0.717) is 5.54 Å². The topological polar surface area (TPSA) is 9.72 Å². The number of nitrogens with zero attached hydrogens (tertiary/aromatic N) is 3. The smallest absolute Gasteiger partial charge is 0.0351 e. The number of hydrogen-bond donors (Lipinski definition) is 0. The van der Waals surface area contributed by atoms with Crippen molar-refractivity contribution in [2.45, 2.75) is 44.8 Å². The van der Waals surface area contributed by atoms with Crippen molar-refractivity contribution in [3.05, 3.63) is 0 Å². The van der Waals surface area contributed by atoms with Crippen LogP contribution >= 0.6 is 0 Å². The van der Waals surface area contributed by atoms with Crippen molar-refractivity contribution < 1.29 is 0 Å². The van der Waals surface area contributed by atoms with E-state index >= 15 is 0 Å². The van der Waals surface area contributed by atoms with Crippen molar-refractivity contribution in [2.24, 2.45) is 0 Å². The molecule has 0 aliphatic carbocycles. The highest BCUT2D eigenvalue weighted by Crippen LogP contribution is 2.27. The van der Waals surface area contributed by atoms with Gasteiger partial charge in [0, 0.05) is 43.8 Å². The maximum Gasteiger partial charge on any atom is 0.0351 e. The van der Waals surface area contributed by atoms with Gasteiger partial charge in [-0.25, -0.2) is 0 Å².